The Kier molecular flexibility index (Phi) is 3.05. The van der Waals surface area contributed by atoms with Crippen LogP contribution >= 0.6 is 0 Å². The largest absolute Gasteiger partial charge is 0.397 e. The van der Waals surface area contributed by atoms with Crippen LogP contribution < -0.4 is 10.6 Å². The molecule has 16 heavy (non-hydrogen) atoms. The Labute approximate surface area is 94.2 Å². The van der Waals surface area contributed by atoms with E-state index in [1.165, 1.54) is 13.1 Å². The predicted molar refractivity (Wildman–Crippen MR) is 61.7 cm³/mol. The highest BCUT2D eigenvalue weighted by Gasteiger charge is 2.18. The lowest BCUT2D eigenvalue weighted by Crippen LogP contribution is -2.37. The van der Waals surface area contributed by atoms with Gasteiger partial charge in [-0.1, -0.05) is 0 Å². The van der Waals surface area contributed by atoms with E-state index in [1.54, 1.807) is 6.07 Å². The van der Waals surface area contributed by atoms with E-state index in [-0.39, 0.29) is 5.78 Å². The maximum absolute atomic E-state index is 11.5. The molecule has 5 heteroatoms. The van der Waals surface area contributed by atoms with Crippen molar-refractivity contribution in [1.29, 1.82) is 0 Å². The van der Waals surface area contributed by atoms with Crippen molar-refractivity contribution in [2.75, 3.05) is 36.9 Å². The number of Topliss-reactive ketones (excluding diaryl/α,β-unsaturated/α-hetero) is 1. The Balaban J connectivity index is 2.36. The number of aromatic nitrogens is 1. The number of hydrogen-bond donors (Lipinski definition) is 1. The van der Waals surface area contributed by atoms with Gasteiger partial charge in [-0.25, -0.2) is 4.98 Å². The number of anilines is 2. The Hall–Kier alpha value is -1.62. The molecule has 0 radical (unpaired) electrons. The van der Waals surface area contributed by atoms with Crippen LogP contribution in [0.15, 0.2) is 12.3 Å². The van der Waals surface area contributed by atoms with E-state index in [2.05, 4.69) is 9.88 Å². The highest BCUT2D eigenvalue weighted by atomic mass is 16.5. The number of rotatable bonds is 2. The number of carbonyl (C=O) groups is 1. The van der Waals surface area contributed by atoms with Crippen molar-refractivity contribution in [1.82, 2.24) is 4.98 Å². The molecule has 1 aromatic heterocycles. The number of morpholine rings is 1. The topological polar surface area (TPSA) is 68.5 Å². The molecule has 0 amide bonds. The van der Waals surface area contributed by atoms with Gasteiger partial charge in [0, 0.05) is 20.0 Å². The number of ketones is 1. The quantitative estimate of drug-likeness (QED) is 0.745. The van der Waals surface area contributed by atoms with Crippen LogP contribution in [-0.4, -0.2) is 37.1 Å². The molecule has 0 spiro atoms. The van der Waals surface area contributed by atoms with Gasteiger partial charge in [-0.3, -0.25) is 4.79 Å². The number of nitrogens with zero attached hydrogens (tertiary/aromatic N) is 2. The third-order valence-corrected chi connectivity index (χ3v) is 2.57. The first-order chi connectivity index (χ1) is 7.68. The second-order valence-corrected chi connectivity index (χ2v) is 3.79. The minimum atomic E-state index is -0.0403. The molecule has 1 fully saturated rings. The average Bonchev–Trinajstić information content (AvgIpc) is 2.29. The van der Waals surface area contributed by atoms with Gasteiger partial charge in [-0.15, -0.1) is 0 Å². The van der Waals surface area contributed by atoms with Gasteiger partial charge in [-0.05, 0) is 6.07 Å². The van der Waals surface area contributed by atoms with E-state index >= 15 is 0 Å². The number of carbonyl (C=O) groups excluding carboxylic acids is 1. The van der Waals surface area contributed by atoms with Crippen LogP contribution in [0, 0.1) is 0 Å². The molecule has 1 aromatic rings. The molecule has 2 N–H and O–H groups in total. The predicted octanol–water partition coefficient (Wildman–Crippen LogP) is 0.703. The van der Waals surface area contributed by atoms with Gasteiger partial charge in [0.15, 0.2) is 5.78 Å². The third-order valence-electron chi connectivity index (χ3n) is 2.57. The zero-order chi connectivity index (χ0) is 11.5. The van der Waals surface area contributed by atoms with Crippen molar-refractivity contribution in [3.8, 4) is 0 Å². The van der Waals surface area contributed by atoms with Crippen LogP contribution in [0.25, 0.3) is 0 Å². The molecule has 0 aliphatic carbocycles. The molecule has 0 aromatic carbocycles. The number of nitrogen functional groups attached to an aromatic ring is 1. The summed E-state index contributed by atoms with van der Waals surface area (Å²) in [6, 6.07) is 1.80. The molecule has 2 rings (SSSR count). The summed E-state index contributed by atoms with van der Waals surface area (Å²) in [6.45, 7) is 4.40. The van der Waals surface area contributed by atoms with E-state index in [0.717, 1.165) is 18.8 Å². The van der Waals surface area contributed by atoms with E-state index in [0.29, 0.717) is 24.6 Å². The SMILES string of the molecule is CC(=O)c1ncc(N)cc1N1CCOCC1. The Morgan fingerprint density at radius 1 is 1.50 bits per heavy atom. The van der Waals surface area contributed by atoms with Crippen LogP contribution in [0.3, 0.4) is 0 Å². The maximum Gasteiger partial charge on any atom is 0.180 e. The second-order valence-electron chi connectivity index (χ2n) is 3.79. The molecule has 0 unspecified atom stereocenters. The van der Waals surface area contributed by atoms with Crippen molar-refractivity contribution in [2.24, 2.45) is 0 Å². The fourth-order valence-corrected chi connectivity index (χ4v) is 1.79. The summed E-state index contributed by atoms with van der Waals surface area (Å²) < 4.78 is 5.27. The van der Waals surface area contributed by atoms with Crippen LogP contribution in [0.4, 0.5) is 11.4 Å². The van der Waals surface area contributed by atoms with Gasteiger partial charge in [0.1, 0.15) is 5.69 Å². The van der Waals surface area contributed by atoms with E-state index < -0.39 is 0 Å². The maximum atomic E-state index is 11.5. The van der Waals surface area contributed by atoms with Crippen molar-refractivity contribution < 1.29 is 9.53 Å². The van der Waals surface area contributed by atoms with E-state index in [4.69, 9.17) is 10.5 Å². The van der Waals surface area contributed by atoms with Gasteiger partial charge in [0.05, 0.1) is 30.8 Å². The minimum Gasteiger partial charge on any atom is -0.397 e. The lowest BCUT2D eigenvalue weighted by molar-refractivity contribution is 0.101. The van der Waals surface area contributed by atoms with Crippen molar-refractivity contribution >= 4 is 17.2 Å². The normalized spacial score (nSPS) is 16.2. The number of nitrogens with two attached hydrogens (primary N) is 1. The Bertz CT molecular complexity index is 400. The molecule has 86 valence electrons. The van der Waals surface area contributed by atoms with Crippen LogP contribution in [0.1, 0.15) is 17.4 Å². The summed E-state index contributed by atoms with van der Waals surface area (Å²) in [7, 11) is 0. The smallest absolute Gasteiger partial charge is 0.180 e. The molecule has 2 heterocycles. The highest BCUT2D eigenvalue weighted by Crippen LogP contribution is 2.22. The minimum absolute atomic E-state index is 0.0403. The van der Waals surface area contributed by atoms with E-state index in [9.17, 15) is 4.79 Å². The van der Waals surface area contributed by atoms with E-state index in [1.807, 2.05) is 0 Å². The molecule has 0 atom stereocenters. The molecule has 1 aliphatic heterocycles. The average molecular weight is 221 g/mol. The zero-order valence-electron chi connectivity index (χ0n) is 9.27. The summed E-state index contributed by atoms with van der Waals surface area (Å²) in [4.78, 5) is 17.6. The second kappa shape index (κ2) is 4.49. The number of pyridine rings is 1. The first-order valence-electron chi connectivity index (χ1n) is 5.27. The molecule has 0 saturated carbocycles. The molecule has 1 saturated heterocycles. The summed E-state index contributed by atoms with van der Waals surface area (Å²) in [5.74, 6) is -0.0403. The fraction of sp³-hybridized carbons (Fsp3) is 0.455. The van der Waals surface area contributed by atoms with Crippen LogP contribution in [0.2, 0.25) is 0 Å². The molecule has 5 nitrogen and oxygen atoms in total. The number of hydrogen-bond acceptors (Lipinski definition) is 5. The Morgan fingerprint density at radius 3 is 2.81 bits per heavy atom. The van der Waals surface area contributed by atoms with Crippen LogP contribution in [0.5, 0.6) is 0 Å². The molecular formula is C11H15N3O2. The van der Waals surface area contributed by atoms with Crippen molar-refractivity contribution in [3.63, 3.8) is 0 Å². The molecule has 0 bridgehead atoms. The first-order valence-corrected chi connectivity index (χ1v) is 5.27. The number of ether oxygens (including phenoxy) is 1. The monoisotopic (exact) mass is 221 g/mol. The van der Waals surface area contributed by atoms with Crippen molar-refractivity contribution in [3.05, 3.63) is 18.0 Å². The molecule has 1 aliphatic rings. The fourth-order valence-electron chi connectivity index (χ4n) is 1.79. The summed E-state index contributed by atoms with van der Waals surface area (Å²) >= 11 is 0. The Morgan fingerprint density at radius 2 is 2.19 bits per heavy atom. The van der Waals surface area contributed by atoms with Gasteiger partial charge in [0.25, 0.3) is 0 Å². The third kappa shape index (κ3) is 2.14. The van der Waals surface area contributed by atoms with Crippen LogP contribution in [-0.2, 0) is 4.74 Å². The van der Waals surface area contributed by atoms with Gasteiger partial charge >= 0.3 is 0 Å². The standard InChI is InChI=1S/C11H15N3O2/c1-8(15)11-10(6-9(12)7-13-11)14-2-4-16-5-3-14/h6-7H,2-5,12H2,1H3. The van der Waals surface area contributed by atoms with Crippen molar-refractivity contribution in [2.45, 2.75) is 6.92 Å². The lowest BCUT2D eigenvalue weighted by atomic mass is 10.2. The summed E-state index contributed by atoms with van der Waals surface area (Å²) in [6.07, 6.45) is 1.51. The lowest BCUT2D eigenvalue weighted by Gasteiger charge is -2.29. The first kappa shape index (κ1) is 10.9. The van der Waals surface area contributed by atoms with Gasteiger partial charge < -0.3 is 15.4 Å². The van der Waals surface area contributed by atoms with Gasteiger partial charge in [-0.2, -0.15) is 0 Å². The summed E-state index contributed by atoms with van der Waals surface area (Å²) in [5, 5.41) is 0. The summed E-state index contributed by atoms with van der Waals surface area (Å²) in [5.41, 5.74) is 7.58. The zero-order valence-corrected chi connectivity index (χ0v) is 9.27. The highest BCUT2D eigenvalue weighted by molar-refractivity contribution is 5.98. The molecular weight excluding hydrogens is 206 g/mol. The van der Waals surface area contributed by atoms with Gasteiger partial charge in [0.2, 0.25) is 0 Å².